The topological polar surface area (TPSA) is 73.1 Å². The van der Waals surface area contributed by atoms with E-state index in [1.54, 1.807) is 7.05 Å². The molecule has 1 rings (SSSR count). The van der Waals surface area contributed by atoms with Gasteiger partial charge in [-0.05, 0) is 18.9 Å². The minimum atomic E-state index is -0.417. The molecule has 6 heteroatoms. The van der Waals surface area contributed by atoms with Crippen LogP contribution < -0.4 is 16.6 Å². The number of hydrogen-bond acceptors (Lipinski definition) is 3. The van der Waals surface area contributed by atoms with Crippen LogP contribution in [0.25, 0.3) is 6.08 Å². The Morgan fingerprint density at radius 1 is 1.30 bits per heavy atom. The summed E-state index contributed by atoms with van der Waals surface area (Å²) in [6.45, 7) is 4.00. The molecule has 0 unspecified atom stereocenters. The van der Waals surface area contributed by atoms with E-state index in [4.69, 9.17) is 0 Å². The molecule has 110 valence electrons. The van der Waals surface area contributed by atoms with E-state index < -0.39 is 11.2 Å². The third-order valence-electron chi connectivity index (χ3n) is 3.22. The van der Waals surface area contributed by atoms with E-state index in [0.717, 1.165) is 17.4 Å². The molecular formula is C14H21N3O3. The van der Waals surface area contributed by atoms with Crippen molar-refractivity contribution in [1.82, 2.24) is 14.5 Å². The van der Waals surface area contributed by atoms with E-state index in [0.29, 0.717) is 5.56 Å². The molecule has 1 amide bonds. The maximum absolute atomic E-state index is 11.9. The highest BCUT2D eigenvalue weighted by atomic mass is 16.2. The molecule has 0 aliphatic carbocycles. The lowest BCUT2D eigenvalue weighted by Crippen LogP contribution is -2.37. The van der Waals surface area contributed by atoms with Crippen molar-refractivity contribution < 1.29 is 4.79 Å². The first-order valence-electron chi connectivity index (χ1n) is 6.65. The van der Waals surface area contributed by atoms with Gasteiger partial charge >= 0.3 is 5.69 Å². The van der Waals surface area contributed by atoms with Gasteiger partial charge in [-0.15, -0.1) is 0 Å². The molecule has 0 aliphatic rings. The second kappa shape index (κ2) is 6.88. The molecule has 0 radical (unpaired) electrons. The highest BCUT2D eigenvalue weighted by molar-refractivity contribution is 5.91. The second-order valence-corrected chi connectivity index (χ2v) is 4.70. The molecule has 1 N–H and O–H groups in total. The Labute approximate surface area is 117 Å². The van der Waals surface area contributed by atoms with Crippen LogP contribution in [0.2, 0.25) is 0 Å². The zero-order chi connectivity index (χ0) is 15.3. The SMILES string of the molecule is CCC(CC)NC(=O)/C=C/c1cn(C)c(=O)n(C)c1=O. The zero-order valence-electron chi connectivity index (χ0n) is 12.3. The molecule has 0 saturated carbocycles. The number of hydrogen-bond donors (Lipinski definition) is 1. The van der Waals surface area contributed by atoms with Crippen LogP contribution in [-0.4, -0.2) is 21.1 Å². The van der Waals surface area contributed by atoms with Crippen molar-refractivity contribution in [3.8, 4) is 0 Å². The first-order valence-corrected chi connectivity index (χ1v) is 6.65. The van der Waals surface area contributed by atoms with Crippen molar-refractivity contribution in [2.24, 2.45) is 14.1 Å². The number of rotatable bonds is 5. The molecule has 0 fully saturated rings. The van der Waals surface area contributed by atoms with Gasteiger partial charge in [0.2, 0.25) is 5.91 Å². The maximum atomic E-state index is 11.9. The first-order chi connectivity index (χ1) is 9.40. The quantitative estimate of drug-likeness (QED) is 0.793. The lowest BCUT2D eigenvalue weighted by molar-refractivity contribution is -0.117. The van der Waals surface area contributed by atoms with Crippen molar-refractivity contribution in [2.45, 2.75) is 32.7 Å². The predicted molar refractivity (Wildman–Crippen MR) is 78.5 cm³/mol. The monoisotopic (exact) mass is 279 g/mol. The number of carbonyl (C=O) groups excluding carboxylic acids is 1. The lowest BCUT2D eigenvalue weighted by atomic mass is 10.2. The van der Waals surface area contributed by atoms with Crippen LogP contribution in [0.1, 0.15) is 32.3 Å². The van der Waals surface area contributed by atoms with E-state index >= 15 is 0 Å². The Morgan fingerprint density at radius 3 is 2.45 bits per heavy atom. The van der Waals surface area contributed by atoms with Gasteiger partial charge in [-0.2, -0.15) is 0 Å². The Balaban J connectivity index is 2.94. The van der Waals surface area contributed by atoms with Crippen molar-refractivity contribution in [3.05, 3.63) is 38.7 Å². The fraction of sp³-hybridized carbons (Fsp3) is 0.500. The van der Waals surface area contributed by atoms with Gasteiger partial charge in [-0.25, -0.2) is 4.79 Å². The van der Waals surface area contributed by atoms with Crippen LogP contribution in [-0.2, 0) is 18.9 Å². The molecule has 0 atom stereocenters. The Kier molecular flexibility index (Phi) is 5.49. The standard InChI is InChI=1S/C14H21N3O3/c1-5-11(6-2)15-12(18)8-7-10-9-16(3)14(20)17(4)13(10)19/h7-9,11H,5-6H2,1-4H3,(H,15,18)/b8-7+. The summed E-state index contributed by atoms with van der Waals surface area (Å²) in [7, 11) is 2.97. The third kappa shape index (κ3) is 3.69. The smallest absolute Gasteiger partial charge is 0.330 e. The summed E-state index contributed by atoms with van der Waals surface area (Å²) >= 11 is 0. The Morgan fingerprint density at radius 2 is 1.90 bits per heavy atom. The molecular weight excluding hydrogens is 258 g/mol. The molecule has 0 saturated heterocycles. The number of carbonyl (C=O) groups is 1. The van der Waals surface area contributed by atoms with Gasteiger partial charge in [-0.3, -0.25) is 14.2 Å². The summed E-state index contributed by atoms with van der Waals surface area (Å²) in [5, 5.41) is 2.84. The van der Waals surface area contributed by atoms with E-state index in [9.17, 15) is 14.4 Å². The normalized spacial score (nSPS) is 11.2. The molecule has 6 nitrogen and oxygen atoms in total. The van der Waals surface area contributed by atoms with E-state index in [-0.39, 0.29) is 11.9 Å². The van der Waals surface area contributed by atoms with Crippen LogP contribution in [0.4, 0.5) is 0 Å². The van der Waals surface area contributed by atoms with Gasteiger partial charge < -0.3 is 9.88 Å². The molecule has 1 heterocycles. The van der Waals surface area contributed by atoms with Crippen molar-refractivity contribution in [2.75, 3.05) is 0 Å². The van der Waals surface area contributed by atoms with E-state index in [2.05, 4.69) is 5.32 Å². The van der Waals surface area contributed by atoms with Crippen LogP contribution in [0.15, 0.2) is 21.9 Å². The average molecular weight is 279 g/mol. The van der Waals surface area contributed by atoms with Gasteiger partial charge in [0.05, 0.1) is 5.56 Å². The minimum Gasteiger partial charge on any atom is -0.350 e. The van der Waals surface area contributed by atoms with Gasteiger partial charge in [0.1, 0.15) is 0 Å². The molecule has 20 heavy (non-hydrogen) atoms. The Hall–Kier alpha value is -2.11. The summed E-state index contributed by atoms with van der Waals surface area (Å²) in [5.41, 5.74) is -0.511. The largest absolute Gasteiger partial charge is 0.350 e. The first kappa shape index (κ1) is 15.9. The summed E-state index contributed by atoms with van der Waals surface area (Å²) in [4.78, 5) is 35.1. The fourth-order valence-electron chi connectivity index (χ4n) is 1.86. The van der Waals surface area contributed by atoms with E-state index in [1.165, 1.54) is 30.0 Å². The van der Waals surface area contributed by atoms with Crippen molar-refractivity contribution in [1.29, 1.82) is 0 Å². The molecule has 1 aromatic heterocycles. The summed E-state index contributed by atoms with van der Waals surface area (Å²) in [6, 6.07) is 0.134. The van der Waals surface area contributed by atoms with Gasteiger partial charge in [0, 0.05) is 32.4 Å². The number of amides is 1. The minimum absolute atomic E-state index is 0.134. The third-order valence-corrected chi connectivity index (χ3v) is 3.22. The number of nitrogens with one attached hydrogen (secondary N) is 1. The molecule has 0 spiro atoms. The number of aryl methyl sites for hydroxylation is 1. The van der Waals surface area contributed by atoms with Crippen molar-refractivity contribution >= 4 is 12.0 Å². The van der Waals surface area contributed by atoms with Gasteiger partial charge in [0.25, 0.3) is 5.56 Å². The highest BCUT2D eigenvalue weighted by Crippen LogP contribution is 1.97. The Bertz CT molecular complexity index is 622. The molecule has 0 aliphatic heterocycles. The molecule has 0 aromatic carbocycles. The lowest BCUT2D eigenvalue weighted by Gasteiger charge is -2.12. The zero-order valence-corrected chi connectivity index (χ0v) is 12.3. The predicted octanol–water partition coefficient (Wildman–Crippen LogP) is 0.402. The van der Waals surface area contributed by atoms with Crippen LogP contribution in [0.5, 0.6) is 0 Å². The van der Waals surface area contributed by atoms with Crippen LogP contribution >= 0.6 is 0 Å². The van der Waals surface area contributed by atoms with Gasteiger partial charge in [0.15, 0.2) is 0 Å². The fourth-order valence-corrected chi connectivity index (χ4v) is 1.86. The van der Waals surface area contributed by atoms with E-state index in [1.807, 2.05) is 13.8 Å². The summed E-state index contributed by atoms with van der Waals surface area (Å²) < 4.78 is 2.32. The number of nitrogens with zero attached hydrogens (tertiary/aromatic N) is 2. The maximum Gasteiger partial charge on any atom is 0.330 e. The molecule has 1 aromatic rings. The average Bonchev–Trinajstić information content (AvgIpc) is 2.44. The highest BCUT2D eigenvalue weighted by Gasteiger charge is 2.07. The van der Waals surface area contributed by atoms with Crippen molar-refractivity contribution in [3.63, 3.8) is 0 Å². The van der Waals surface area contributed by atoms with Crippen LogP contribution in [0.3, 0.4) is 0 Å². The van der Waals surface area contributed by atoms with Gasteiger partial charge in [-0.1, -0.05) is 13.8 Å². The molecule has 0 bridgehead atoms. The number of aromatic nitrogens is 2. The van der Waals surface area contributed by atoms with Crippen LogP contribution in [0, 0.1) is 0 Å². The summed E-state index contributed by atoms with van der Waals surface area (Å²) in [6.07, 6.45) is 5.89. The summed E-state index contributed by atoms with van der Waals surface area (Å²) in [5.74, 6) is -0.241. The second-order valence-electron chi connectivity index (χ2n) is 4.70.